The van der Waals surface area contributed by atoms with E-state index in [1.165, 1.54) is 17.8 Å². The number of alkyl halides is 3. The molecule has 0 radical (unpaired) electrons. The molecular weight excluding hydrogens is 459 g/mol. The summed E-state index contributed by atoms with van der Waals surface area (Å²) in [5.74, 6) is 0.116. The predicted molar refractivity (Wildman–Crippen MR) is 128 cm³/mol. The van der Waals surface area contributed by atoms with Crippen molar-refractivity contribution in [1.29, 1.82) is 0 Å². The average molecular weight is 482 g/mol. The molecule has 0 saturated carbocycles. The van der Waals surface area contributed by atoms with Crippen molar-refractivity contribution in [3.8, 4) is 0 Å². The second-order valence-corrected chi connectivity index (χ2v) is 9.18. The number of fused-ring (bicyclic) bond motifs is 2. The van der Waals surface area contributed by atoms with E-state index in [1.807, 2.05) is 59.2 Å². The van der Waals surface area contributed by atoms with Gasteiger partial charge in [-0.15, -0.1) is 0 Å². The first-order valence-electron chi connectivity index (χ1n) is 11.0. The molecule has 0 saturated heterocycles. The molecule has 1 amide bonds. The molecule has 1 aromatic heterocycles. The summed E-state index contributed by atoms with van der Waals surface area (Å²) >= 11 is 1.26. The number of anilines is 1. The van der Waals surface area contributed by atoms with E-state index in [0.717, 1.165) is 41.8 Å². The summed E-state index contributed by atoms with van der Waals surface area (Å²) in [6, 6.07) is 21.2. The van der Waals surface area contributed by atoms with Gasteiger partial charge in [0.1, 0.15) is 0 Å². The number of aromatic nitrogens is 2. The van der Waals surface area contributed by atoms with Gasteiger partial charge in [-0.05, 0) is 48.2 Å². The van der Waals surface area contributed by atoms with E-state index in [9.17, 15) is 18.0 Å². The van der Waals surface area contributed by atoms with Gasteiger partial charge >= 0.3 is 6.18 Å². The lowest BCUT2D eigenvalue weighted by molar-refractivity contribution is -0.137. The summed E-state index contributed by atoms with van der Waals surface area (Å²) in [6.07, 6.45) is -2.59. The van der Waals surface area contributed by atoms with Crippen LogP contribution in [0.25, 0.3) is 11.0 Å². The van der Waals surface area contributed by atoms with E-state index in [2.05, 4.69) is 4.98 Å². The van der Waals surface area contributed by atoms with Crippen LogP contribution in [0.15, 0.2) is 78.0 Å². The number of aryl methyl sites for hydroxylation is 1. The lowest BCUT2D eigenvalue weighted by atomic mass is 10.0. The van der Waals surface area contributed by atoms with Gasteiger partial charge in [0.25, 0.3) is 0 Å². The summed E-state index contributed by atoms with van der Waals surface area (Å²) in [6.45, 7) is 1.11. The number of rotatable bonds is 5. The lowest BCUT2D eigenvalue weighted by Gasteiger charge is -2.29. The number of benzene rings is 3. The van der Waals surface area contributed by atoms with E-state index >= 15 is 0 Å². The van der Waals surface area contributed by atoms with Crippen molar-refractivity contribution in [3.05, 3.63) is 89.5 Å². The Kier molecular flexibility index (Phi) is 6.08. The Balaban J connectivity index is 1.45. The van der Waals surface area contributed by atoms with Crippen LogP contribution in [0.4, 0.5) is 18.9 Å². The highest BCUT2D eigenvalue weighted by Crippen LogP contribution is 2.34. The number of para-hydroxylation sites is 1. The van der Waals surface area contributed by atoms with Gasteiger partial charge in [-0.1, -0.05) is 60.3 Å². The number of halogens is 3. The lowest BCUT2D eigenvalue weighted by Crippen LogP contribution is -2.36. The molecule has 8 heteroatoms. The minimum atomic E-state index is -4.44. The molecule has 34 heavy (non-hydrogen) atoms. The van der Waals surface area contributed by atoms with Crippen molar-refractivity contribution in [2.75, 3.05) is 17.2 Å². The third kappa shape index (κ3) is 4.55. The van der Waals surface area contributed by atoms with Gasteiger partial charge in [0.05, 0.1) is 28.9 Å². The quantitative estimate of drug-likeness (QED) is 0.320. The number of amides is 1. The molecule has 1 aliphatic rings. The van der Waals surface area contributed by atoms with Crippen molar-refractivity contribution in [3.63, 3.8) is 0 Å². The molecule has 0 unspecified atom stereocenters. The maximum absolute atomic E-state index is 13.3. The zero-order chi connectivity index (χ0) is 23.7. The van der Waals surface area contributed by atoms with Crippen LogP contribution in [0.2, 0.25) is 0 Å². The normalized spacial score (nSPS) is 13.8. The van der Waals surface area contributed by atoms with Gasteiger partial charge in [-0.25, -0.2) is 4.98 Å². The Morgan fingerprint density at radius 1 is 1.00 bits per heavy atom. The molecule has 4 aromatic rings. The van der Waals surface area contributed by atoms with E-state index < -0.39 is 11.7 Å². The fraction of sp³-hybridized carbons (Fsp3) is 0.231. The van der Waals surface area contributed by atoms with E-state index in [0.29, 0.717) is 23.8 Å². The van der Waals surface area contributed by atoms with Crippen LogP contribution in [0.5, 0.6) is 0 Å². The zero-order valence-electron chi connectivity index (χ0n) is 18.3. The van der Waals surface area contributed by atoms with Crippen LogP contribution >= 0.6 is 11.8 Å². The second-order valence-electron chi connectivity index (χ2n) is 8.23. The highest BCUT2D eigenvalue weighted by Gasteiger charge is 2.31. The van der Waals surface area contributed by atoms with Crippen molar-refractivity contribution in [1.82, 2.24) is 9.55 Å². The number of imidazole rings is 1. The highest BCUT2D eigenvalue weighted by molar-refractivity contribution is 7.99. The van der Waals surface area contributed by atoms with Gasteiger partial charge in [0, 0.05) is 12.2 Å². The first kappa shape index (κ1) is 22.5. The Morgan fingerprint density at radius 2 is 1.76 bits per heavy atom. The molecule has 0 spiro atoms. The maximum Gasteiger partial charge on any atom is 0.416 e. The summed E-state index contributed by atoms with van der Waals surface area (Å²) in [4.78, 5) is 19.4. The van der Waals surface area contributed by atoms with Crippen molar-refractivity contribution in [2.45, 2.75) is 30.7 Å². The molecule has 5 rings (SSSR count). The van der Waals surface area contributed by atoms with Gasteiger partial charge < -0.3 is 9.47 Å². The molecule has 0 atom stereocenters. The molecule has 3 aromatic carbocycles. The summed E-state index contributed by atoms with van der Waals surface area (Å²) in [5, 5.41) is 0.525. The Bertz CT molecular complexity index is 1330. The van der Waals surface area contributed by atoms with Crippen LogP contribution in [0, 0.1) is 0 Å². The fourth-order valence-electron chi connectivity index (χ4n) is 4.31. The van der Waals surface area contributed by atoms with E-state index in [1.54, 1.807) is 4.90 Å². The summed E-state index contributed by atoms with van der Waals surface area (Å²) in [5.41, 5.74) is 3.23. The SMILES string of the molecule is O=C(CSc1nc2cc(C(F)(F)F)ccc2n1Cc1ccccc1)N1CCCc2ccccc21. The van der Waals surface area contributed by atoms with Crippen LogP contribution in [-0.4, -0.2) is 27.8 Å². The first-order chi connectivity index (χ1) is 16.4. The second kappa shape index (κ2) is 9.18. The fourth-order valence-corrected chi connectivity index (χ4v) is 5.20. The minimum Gasteiger partial charge on any atom is -0.314 e. The van der Waals surface area contributed by atoms with Gasteiger partial charge in [-0.2, -0.15) is 13.2 Å². The van der Waals surface area contributed by atoms with Crippen molar-refractivity contribution < 1.29 is 18.0 Å². The third-order valence-electron chi connectivity index (χ3n) is 5.96. The number of hydrogen-bond donors (Lipinski definition) is 0. The van der Waals surface area contributed by atoms with Gasteiger partial charge in [-0.3, -0.25) is 4.79 Å². The molecule has 1 aliphatic heterocycles. The number of hydrogen-bond acceptors (Lipinski definition) is 3. The first-order valence-corrected chi connectivity index (χ1v) is 12.0. The molecular formula is C26H22F3N3OS. The van der Waals surface area contributed by atoms with Crippen LogP contribution in [-0.2, 0) is 23.9 Å². The molecule has 0 bridgehead atoms. The molecule has 2 heterocycles. The Hall–Kier alpha value is -3.26. The standard InChI is InChI=1S/C26H22F3N3OS/c27-26(28,29)20-12-13-23-21(15-20)30-25(32(23)16-18-7-2-1-3-8-18)34-17-24(33)31-14-6-10-19-9-4-5-11-22(19)31/h1-5,7-9,11-13,15H,6,10,14,16-17H2. The molecule has 0 fully saturated rings. The summed E-state index contributed by atoms with van der Waals surface area (Å²) in [7, 11) is 0. The average Bonchev–Trinajstić information content (AvgIpc) is 3.18. The highest BCUT2D eigenvalue weighted by atomic mass is 32.2. The largest absolute Gasteiger partial charge is 0.416 e. The maximum atomic E-state index is 13.3. The van der Waals surface area contributed by atoms with Crippen molar-refractivity contribution >= 4 is 34.4 Å². The predicted octanol–water partition coefficient (Wildman–Crippen LogP) is 6.17. The van der Waals surface area contributed by atoms with Crippen LogP contribution < -0.4 is 4.90 Å². The third-order valence-corrected chi connectivity index (χ3v) is 6.92. The van der Waals surface area contributed by atoms with E-state index in [4.69, 9.17) is 0 Å². The van der Waals surface area contributed by atoms with Crippen LogP contribution in [0.3, 0.4) is 0 Å². The zero-order valence-corrected chi connectivity index (χ0v) is 19.1. The summed E-state index contributed by atoms with van der Waals surface area (Å²) < 4.78 is 41.7. The Labute approximate surface area is 199 Å². The molecule has 4 nitrogen and oxygen atoms in total. The number of carbonyl (C=O) groups excluding carboxylic acids is 1. The monoisotopic (exact) mass is 481 g/mol. The van der Waals surface area contributed by atoms with Crippen molar-refractivity contribution in [2.24, 2.45) is 0 Å². The number of thioether (sulfide) groups is 1. The molecule has 174 valence electrons. The number of nitrogens with zero attached hydrogens (tertiary/aromatic N) is 3. The topological polar surface area (TPSA) is 38.1 Å². The Morgan fingerprint density at radius 3 is 2.56 bits per heavy atom. The van der Waals surface area contributed by atoms with Gasteiger partial charge in [0.2, 0.25) is 5.91 Å². The van der Waals surface area contributed by atoms with E-state index in [-0.39, 0.29) is 17.2 Å². The van der Waals surface area contributed by atoms with Gasteiger partial charge in [0.15, 0.2) is 5.16 Å². The molecule has 0 N–H and O–H groups in total. The number of carbonyl (C=O) groups is 1. The minimum absolute atomic E-state index is 0.0357. The van der Waals surface area contributed by atoms with Crippen LogP contribution in [0.1, 0.15) is 23.1 Å². The smallest absolute Gasteiger partial charge is 0.314 e. The molecule has 0 aliphatic carbocycles.